The topological polar surface area (TPSA) is 66.0 Å². The number of nitrogens with zero attached hydrogens (tertiary/aromatic N) is 3. The Balaban J connectivity index is 2.15. The SMILES string of the molecule is COc1ccccc1-n1nnc(-c2cc(C)ccc2C)c1N. The zero-order valence-corrected chi connectivity index (χ0v) is 12.9. The number of methoxy groups -OCH3 is 1. The molecular formula is C17H18N4O. The first-order chi connectivity index (χ1) is 10.6. The number of ether oxygens (including phenoxy) is 1. The van der Waals surface area contributed by atoms with Crippen molar-refractivity contribution in [3.63, 3.8) is 0 Å². The van der Waals surface area contributed by atoms with E-state index in [2.05, 4.69) is 28.5 Å². The van der Waals surface area contributed by atoms with Gasteiger partial charge in [0.15, 0.2) is 5.82 Å². The first-order valence-electron chi connectivity index (χ1n) is 7.04. The number of benzene rings is 2. The van der Waals surface area contributed by atoms with Crippen molar-refractivity contribution < 1.29 is 4.74 Å². The van der Waals surface area contributed by atoms with Gasteiger partial charge in [-0.05, 0) is 37.6 Å². The van der Waals surface area contributed by atoms with Gasteiger partial charge in [-0.1, -0.05) is 35.0 Å². The van der Waals surface area contributed by atoms with Crippen molar-refractivity contribution in [1.82, 2.24) is 15.0 Å². The second-order valence-corrected chi connectivity index (χ2v) is 5.23. The molecule has 0 amide bonds. The van der Waals surface area contributed by atoms with Gasteiger partial charge in [-0.15, -0.1) is 5.10 Å². The monoisotopic (exact) mass is 294 g/mol. The number of nitrogen functional groups attached to an aromatic ring is 1. The van der Waals surface area contributed by atoms with Crippen molar-refractivity contribution in [3.8, 4) is 22.7 Å². The highest BCUT2D eigenvalue weighted by atomic mass is 16.5. The summed E-state index contributed by atoms with van der Waals surface area (Å²) in [5.41, 5.74) is 11.0. The van der Waals surface area contributed by atoms with Crippen molar-refractivity contribution in [2.75, 3.05) is 12.8 Å². The van der Waals surface area contributed by atoms with Gasteiger partial charge in [-0.3, -0.25) is 0 Å². The molecule has 1 heterocycles. The fourth-order valence-corrected chi connectivity index (χ4v) is 2.45. The van der Waals surface area contributed by atoms with E-state index in [1.807, 2.05) is 38.1 Å². The van der Waals surface area contributed by atoms with Crippen molar-refractivity contribution in [1.29, 1.82) is 0 Å². The van der Waals surface area contributed by atoms with Gasteiger partial charge in [0.05, 0.1) is 7.11 Å². The smallest absolute Gasteiger partial charge is 0.156 e. The molecular weight excluding hydrogens is 276 g/mol. The van der Waals surface area contributed by atoms with Crippen LogP contribution in [0.5, 0.6) is 5.75 Å². The van der Waals surface area contributed by atoms with E-state index >= 15 is 0 Å². The maximum atomic E-state index is 6.29. The van der Waals surface area contributed by atoms with Gasteiger partial charge in [0.25, 0.3) is 0 Å². The molecule has 0 bridgehead atoms. The normalized spacial score (nSPS) is 10.7. The van der Waals surface area contributed by atoms with Gasteiger partial charge in [-0.25, -0.2) is 0 Å². The summed E-state index contributed by atoms with van der Waals surface area (Å²) in [6.45, 7) is 4.08. The van der Waals surface area contributed by atoms with E-state index in [9.17, 15) is 0 Å². The molecule has 0 spiro atoms. The fraction of sp³-hybridized carbons (Fsp3) is 0.176. The Hall–Kier alpha value is -2.82. The molecule has 1 aromatic heterocycles. The molecule has 5 nitrogen and oxygen atoms in total. The molecule has 0 fully saturated rings. The van der Waals surface area contributed by atoms with Crippen LogP contribution in [-0.2, 0) is 0 Å². The molecule has 0 aliphatic carbocycles. The van der Waals surface area contributed by atoms with E-state index in [-0.39, 0.29) is 0 Å². The predicted molar refractivity (Wildman–Crippen MR) is 87.2 cm³/mol. The lowest BCUT2D eigenvalue weighted by Gasteiger charge is -2.09. The number of aryl methyl sites for hydroxylation is 2. The van der Waals surface area contributed by atoms with Crippen molar-refractivity contribution in [2.24, 2.45) is 0 Å². The third-order valence-corrected chi connectivity index (χ3v) is 3.67. The van der Waals surface area contributed by atoms with Crippen LogP contribution in [-0.4, -0.2) is 22.1 Å². The van der Waals surface area contributed by atoms with Gasteiger partial charge < -0.3 is 10.5 Å². The minimum absolute atomic E-state index is 0.498. The summed E-state index contributed by atoms with van der Waals surface area (Å²) in [6.07, 6.45) is 0. The predicted octanol–water partition coefficient (Wildman–Crippen LogP) is 3.14. The Morgan fingerprint density at radius 1 is 1.09 bits per heavy atom. The molecule has 0 aliphatic rings. The lowest BCUT2D eigenvalue weighted by molar-refractivity contribution is 0.411. The Morgan fingerprint density at radius 3 is 2.64 bits per heavy atom. The summed E-state index contributed by atoms with van der Waals surface area (Å²) in [4.78, 5) is 0. The molecule has 0 aliphatic heterocycles. The zero-order chi connectivity index (χ0) is 15.7. The summed E-state index contributed by atoms with van der Waals surface area (Å²) >= 11 is 0. The van der Waals surface area contributed by atoms with Crippen LogP contribution in [0.15, 0.2) is 42.5 Å². The summed E-state index contributed by atoms with van der Waals surface area (Å²) in [7, 11) is 1.62. The second-order valence-electron chi connectivity index (χ2n) is 5.23. The average Bonchev–Trinajstić information content (AvgIpc) is 2.91. The maximum absolute atomic E-state index is 6.29. The van der Waals surface area contributed by atoms with Crippen LogP contribution >= 0.6 is 0 Å². The molecule has 22 heavy (non-hydrogen) atoms. The number of rotatable bonds is 3. The molecule has 0 unspecified atom stereocenters. The molecule has 2 N–H and O–H groups in total. The van der Waals surface area contributed by atoms with Crippen LogP contribution in [0.2, 0.25) is 0 Å². The van der Waals surface area contributed by atoms with E-state index in [4.69, 9.17) is 10.5 Å². The fourth-order valence-electron chi connectivity index (χ4n) is 2.45. The van der Waals surface area contributed by atoms with Gasteiger partial charge in [0.1, 0.15) is 17.1 Å². The summed E-state index contributed by atoms with van der Waals surface area (Å²) in [6, 6.07) is 13.8. The van der Waals surface area contributed by atoms with Gasteiger partial charge in [0.2, 0.25) is 0 Å². The summed E-state index contributed by atoms with van der Waals surface area (Å²) in [5, 5.41) is 8.48. The second kappa shape index (κ2) is 5.52. The van der Waals surface area contributed by atoms with Crippen LogP contribution in [0.4, 0.5) is 5.82 Å². The van der Waals surface area contributed by atoms with E-state index in [1.165, 1.54) is 0 Å². The first kappa shape index (κ1) is 14.1. The molecule has 112 valence electrons. The van der Waals surface area contributed by atoms with Gasteiger partial charge in [0, 0.05) is 5.56 Å². The third-order valence-electron chi connectivity index (χ3n) is 3.67. The number of aromatic nitrogens is 3. The highest BCUT2D eigenvalue weighted by Crippen LogP contribution is 2.31. The van der Waals surface area contributed by atoms with Crippen molar-refractivity contribution in [2.45, 2.75) is 13.8 Å². The number of nitrogens with two attached hydrogens (primary N) is 1. The van der Waals surface area contributed by atoms with Gasteiger partial charge >= 0.3 is 0 Å². The Labute approximate surface area is 129 Å². The molecule has 5 heteroatoms. The summed E-state index contributed by atoms with van der Waals surface area (Å²) in [5.74, 6) is 1.20. The molecule has 2 aromatic carbocycles. The average molecular weight is 294 g/mol. The van der Waals surface area contributed by atoms with E-state index in [0.29, 0.717) is 17.3 Å². The largest absolute Gasteiger partial charge is 0.494 e. The van der Waals surface area contributed by atoms with Crippen LogP contribution in [0.3, 0.4) is 0 Å². The zero-order valence-electron chi connectivity index (χ0n) is 12.9. The quantitative estimate of drug-likeness (QED) is 0.806. The van der Waals surface area contributed by atoms with Crippen LogP contribution in [0.25, 0.3) is 16.9 Å². The maximum Gasteiger partial charge on any atom is 0.156 e. The highest BCUT2D eigenvalue weighted by Gasteiger charge is 2.17. The van der Waals surface area contributed by atoms with Crippen LogP contribution < -0.4 is 10.5 Å². The Bertz CT molecular complexity index is 823. The minimum atomic E-state index is 0.498. The standard InChI is InChI=1S/C17H18N4O/c1-11-8-9-12(2)13(10-11)16-17(18)21(20-19-16)14-6-4-5-7-15(14)22-3/h4-10H,18H2,1-3H3. The lowest BCUT2D eigenvalue weighted by Crippen LogP contribution is -2.04. The van der Waals surface area contributed by atoms with Gasteiger partial charge in [-0.2, -0.15) is 4.68 Å². The third kappa shape index (κ3) is 2.30. The van der Waals surface area contributed by atoms with Crippen LogP contribution in [0, 0.1) is 13.8 Å². The lowest BCUT2D eigenvalue weighted by atomic mass is 10.0. The Morgan fingerprint density at radius 2 is 1.86 bits per heavy atom. The summed E-state index contributed by atoms with van der Waals surface area (Å²) < 4.78 is 6.98. The van der Waals surface area contributed by atoms with E-state index in [1.54, 1.807) is 11.8 Å². The molecule has 0 atom stereocenters. The minimum Gasteiger partial charge on any atom is -0.494 e. The van der Waals surface area contributed by atoms with Crippen molar-refractivity contribution in [3.05, 3.63) is 53.6 Å². The van der Waals surface area contributed by atoms with E-state index < -0.39 is 0 Å². The molecule has 0 radical (unpaired) electrons. The molecule has 3 rings (SSSR count). The highest BCUT2D eigenvalue weighted by molar-refractivity contribution is 5.74. The number of anilines is 1. The van der Waals surface area contributed by atoms with E-state index in [0.717, 1.165) is 22.4 Å². The van der Waals surface area contributed by atoms with Crippen molar-refractivity contribution >= 4 is 5.82 Å². The number of para-hydroxylation sites is 2. The number of hydrogen-bond donors (Lipinski definition) is 1. The number of hydrogen-bond acceptors (Lipinski definition) is 4. The molecule has 0 saturated heterocycles. The first-order valence-corrected chi connectivity index (χ1v) is 7.04. The Kier molecular flexibility index (Phi) is 3.55. The molecule has 0 saturated carbocycles. The van der Waals surface area contributed by atoms with Crippen LogP contribution in [0.1, 0.15) is 11.1 Å². The molecule has 3 aromatic rings.